The highest BCUT2D eigenvalue weighted by atomic mass is 32.1. The van der Waals surface area contributed by atoms with Crippen molar-refractivity contribution in [1.29, 1.82) is 0 Å². The van der Waals surface area contributed by atoms with Gasteiger partial charge in [-0.15, -0.1) is 11.3 Å². The molecule has 3 rings (SSSR count). The molecule has 138 valence electrons. The van der Waals surface area contributed by atoms with Gasteiger partial charge in [0.1, 0.15) is 11.0 Å². The fraction of sp³-hybridized carbons (Fsp3) is 0.353. The number of hydrogen-bond donors (Lipinski definition) is 2. The Morgan fingerprint density at radius 2 is 2.19 bits per heavy atom. The molecule has 1 aromatic heterocycles. The second kappa shape index (κ2) is 7.06. The van der Waals surface area contributed by atoms with E-state index in [9.17, 15) is 22.8 Å². The minimum Gasteiger partial charge on any atom is -0.344 e. The Bertz CT molecular complexity index is 848. The van der Waals surface area contributed by atoms with Gasteiger partial charge in [0.2, 0.25) is 11.8 Å². The zero-order chi connectivity index (χ0) is 18.9. The fourth-order valence-electron chi connectivity index (χ4n) is 2.69. The number of alkyl halides is 3. The number of carbonyl (C=O) groups excluding carboxylic acids is 2. The number of nitrogens with zero attached hydrogens (tertiary/aromatic N) is 1. The van der Waals surface area contributed by atoms with Crippen LogP contribution < -0.4 is 10.6 Å². The van der Waals surface area contributed by atoms with Crippen LogP contribution in [0.5, 0.6) is 0 Å². The molecule has 0 radical (unpaired) electrons. The first kappa shape index (κ1) is 18.4. The number of thiazole rings is 1. The summed E-state index contributed by atoms with van der Waals surface area (Å²) in [4.78, 5) is 27.7. The lowest BCUT2D eigenvalue weighted by molar-refractivity contribution is -0.137. The molecule has 2 heterocycles. The fourth-order valence-corrected chi connectivity index (χ4v) is 3.69. The Balaban J connectivity index is 1.70. The number of hydrogen-bond acceptors (Lipinski definition) is 4. The van der Waals surface area contributed by atoms with Crippen molar-refractivity contribution >= 4 is 28.2 Å². The van der Waals surface area contributed by atoms with Gasteiger partial charge in [-0.3, -0.25) is 9.59 Å². The van der Waals surface area contributed by atoms with Crippen LogP contribution in [0.15, 0.2) is 24.3 Å². The van der Waals surface area contributed by atoms with Crippen molar-refractivity contribution in [2.24, 2.45) is 0 Å². The molecule has 1 atom stereocenters. The predicted octanol–water partition coefficient (Wildman–Crippen LogP) is 3.28. The number of anilines is 1. The average molecular weight is 383 g/mol. The molecule has 26 heavy (non-hydrogen) atoms. The number of aromatic nitrogens is 1. The standard InChI is InChI=1S/C17H16F3N3O2S/c1-9-16(23-15(25)12-5-6-13(24)22-12)26-14(21-9)8-10-3-2-4-11(7-10)17(18,19)20/h2-4,7,12H,5-6,8H2,1H3,(H,22,24)(H,23,25)/t12-/m0/s1. The van der Waals surface area contributed by atoms with E-state index in [0.717, 1.165) is 12.1 Å². The Kier molecular flexibility index (Phi) is 4.99. The normalized spacial score (nSPS) is 17.2. The van der Waals surface area contributed by atoms with Crippen molar-refractivity contribution < 1.29 is 22.8 Å². The SMILES string of the molecule is Cc1nc(Cc2cccc(C(F)(F)F)c2)sc1NC(=O)[C@@H]1CCC(=O)N1. The van der Waals surface area contributed by atoms with Gasteiger partial charge in [0.05, 0.1) is 16.3 Å². The number of carbonyl (C=O) groups is 2. The maximum absolute atomic E-state index is 12.8. The number of aryl methyl sites for hydroxylation is 1. The summed E-state index contributed by atoms with van der Waals surface area (Å²) in [5.41, 5.74) is 0.387. The lowest BCUT2D eigenvalue weighted by atomic mass is 10.1. The molecule has 1 saturated heterocycles. The smallest absolute Gasteiger partial charge is 0.344 e. The third-order valence-corrected chi connectivity index (χ3v) is 5.07. The third-order valence-electron chi connectivity index (χ3n) is 4.00. The molecule has 0 bridgehead atoms. The molecule has 5 nitrogen and oxygen atoms in total. The molecule has 0 aliphatic carbocycles. The molecule has 2 amide bonds. The maximum atomic E-state index is 12.8. The van der Waals surface area contributed by atoms with Gasteiger partial charge in [-0.25, -0.2) is 4.98 Å². The van der Waals surface area contributed by atoms with Crippen LogP contribution >= 0.6 is 11.3 Å². The predicted molar refractivity (Wildman–Crippen MR) is 90.9 cm³/mol. The highest BCUT2D eigenvalue weighted by molar-refractivity contribution is 7.16. The van der Waals surface area contributed by atoms with Gasteiger partial charge >= 0.3 is 6.18 Å². The molecular formula is C17H16F3N3O2S. The van der Waals surface area contributed by atoms with Gasteiger partial charge in [0.25, 0.3) is 0 Å². The summed E-state index contributed by atoms with van der Waals surface area (Å²) < 4.78 is 38.4. The van der Waals surface area contributed by atoms with Crippen molar-refractivity contribution in [1.82, 2.24) is 10.3 Å². The van der Waals surface area contributed by atoms with Crippen LogP contribution in [0.2, 0.25) is 0 Å². The van der Waals surface area contributed by atoms with E-state index in [-0.39, 0.29) is 18.2 Å². The Labute approximate surface area is 151 Å². The zero-order valence-corrected chi connectivity index (χ0v) is 14.6. The van der Waals surface area contributed by atoms with E-state index in [4.69, 9.17) is 0 Å². The van der Waals surface area contributed by atoms with E-state index in [1.165, 1.54) is 17.4 Å². The van der Waals surface area contributed by atoms with Crippen LogP contribution in [0.1, 0.15) is 34.7 Å². The first-order valence-corrected chi connectivity index (χ1v) is 8.76. The number of rotatable bonds is 4. The monoisotopic (exact) mass is 383 g/mol. The Hall–Kier alpha value is -2.42. The number of nitrogens with one attached hydrogen (secondary N) is 2. The molecule has 9 heteroatoms. The van der Waals surface area contributed by atoms with Gasteiger partial charge in [-0.05, 0) is 25.0 Å². The molecule has 0 spiro atoms. The average Bonchev–Trinajstić information content (AvgIpc) is 3.13. The second-order valence-corrected chi connectivity index (χ2v) is 7.13. The van der Waals surface area contributed by atoms with Crippen LogP contribution in [0.3, 0.4) is 0 Å². The highest BCUT2D eigenvalue weighted by Crippen LogP contribution is 2.31. The summed E-state index contributed by atoms with van der Waals surface area (Å²) in [5.74, 6) is -0.468. The van der Waals surface area contributed by atoms with E-state index in [0.29, 0.717) is 34.1 Å². The summed E-state index contributed by atoms with van der Waals surface area (Å²) in [6.07, 6.45) is -3.38. The van der Waals surface area contributed by atoms with E-state index in [2.05, 4.69) is 15.6 Å². The Morgan fingerprint density at radius 3 is 2.85 bits per heavy atom. The molecule has 1 aliphatic rings. The molecule has 0 unspecified atom stereocenters. The first-order chi connectivity index (χ1) is 12.2. The third kappa shape index (κ3) is 4.21. The van der Waals surface area contributed by atoms with Gasteiger partial charge in [0.15, 0.2) is 0 Å². The van der Waals surface area contributed by atoms with Gasteiger partial charge < -0.3 is 10.6 Å². The second-order valence-electron chi connectivity index (χ2n) is 6.05. The molecule has 0 saturated carbocycles. The van der Waals surface area contributed by atoms with Crippen LogP contribution in [0.25, 0.3) is 0 Å². The van der Waals surface area contributed by atoms with Crippen molar-refractivity contribution in [3.63, 3.8) is 0 Å². The van der Waals surface area contributed by atoms with Crippen molar-refractivity contribution in [2.45, 2.75) is 38.4 Å². The minimum absolute atomic E-state index is 0.156. The number of amides is 2. The van der Waals surface area contributed by atoms with Gasteiger partial charge in [0, 0.05) is 12.8 Å². The van der Waals surface area contributed by atoms with Crippen LogP contribution in [0, 0.1) is 6.92 Å². The quantitative estimate of drug-likeness (QED) is 0.851. The van der Waals surface area contributed by atoms with E-state index >= 15 is 0 Å². The van der Waals surface area contributed by atoms with Gasteiger partial charge in [-0.1, -0.05) is 18.2 Å². The lowest BCUT2D eigenvalue weighted by Crippen LogP contribution is -2.37. The number of halogens is 3. The van der Waals surface area contributed by atoms with Crippen molar-refractivity contribution in [3.8, 4) is 0 Å². The summed E-state index contributed by atoms with van der Waals surface area (Å²) in [6.45, 7) is 1.72. The van der Waals surface area contributed by atoms with Crippen LogP contribution in [0.4, 0.5) is 18.2 Å². The summed E-state index contributed by atoms with van der Waals surface area (Å²) in [6, 6.07) is 4.54. The molecule has 2 N–H and O–H groups in total. The number of benzene rings is 1. The van der Waals surface area contributed by atoms with Gasteiger partial charge in [-0.2, -0.15) is 13.2 Å². The molecule has 1 aliphatic heterocycles. The van der Waals surface area contributed by atoms with Crippen molar-refractivity contribution in [2.75, 3.05) is 5.32 Å². The largest absolute Gasteiger partial charge is 0.416 e. The van der Waals surface area contributed by atoms with Crippen LogP contribution in [-0.2, 0) is 22.2 Å². The molecular weight excluding hydrogens is 367 g/mol. The summed E-state index contributed by atoms with van der Waals surface area (Å²) in [5, 5.41) is 6.47. The Morgan fingerprint density at radius 1 is 1.42 bits per heavy atom. The summed E-state index contributed by atoms with van der Waals surface area (Å²) >= 11 is 1.22. The topological polar surface area (TPSA) is 71.1 Å². The molecule has 2 aromatic rings. The minimum atomic E-state index is -4.39. The maximum Gasteiger partial charge on any atom is 0.416 e. The lowest BCUT2D eigenvalue weighted by Gasteiger charge is -2.09. The van der Waals surface area contributed by atoms with Crippen molar-refractivity contribution in [3.05, 3.63) is 46.1 Å². The van der Waals surface area contributed by atoms with Crippen LogP contribution in [-0.4, -0.2) is 22.8 Å². The van der Waals surface area contributed by atoms with E-state index in [1.54, 1.807) is 13.0 Å². The van der Waals surface area contributed by atoms with E-state index in [1.807, 2.05) is 0 Å². The first-order valence-electron chi connectivity index (χ1n) is 7.95. The molecule has 1 fully saturated rings. The summed E-state index contributed by atoms with van der Waals surface area (Å²) in [7, 11) is 0. The zero-order valence-electron chi connectivity index (χ0n) is 13.8. The molecule has 1 aromatic carbocycles. The highest BCUT2D eigenvalue weighted by Gasteiger charge is 2.30. The van der Waals surface area contributed by atoms with E-state index < -0.39 is 17.8 Å².